The lowest BCUT2D eigenvalue weighted by Crippen LogP contribution is -2.31. The van der Waals surface area contributed by atoms with Crippen LogP contribution in [0.1, 0.15) is 48.0 Å². The van der Waals surface area contributed by atoms with Crippen LogP contribution in [-0.4, -0.2) is 43.1 Å². The molecule has 0 aliphatic carbocycles. The molecule has 2 heterocycles. The van der Waals surface area contributed by atoms with E-state index in [1.807, 2.05) is 61.6 Å². The summed E-state index contributed by atoms with van der Waals surface area (Å²) in [4.78, 5) is 11.4. The number of tetrazole rings is 1. The molecule has 9 nitrogen and oxygen atoms in total. The Balaban J connectivity index is 1.36. The van der Waals surface area contributed by atoms with Crippen LogP contribution in [0.2, 0.25) is 0 Å². The number of aliphatic hydroxyl groups excluding tert-OH is 1. The van der Waals surface area contributed by atoms with E-state index in [1.165, 1.54) is 6.92 Å². The molecule has 0 spiro atoms. The highest BCUT2D eigenvalue weighted by molar-refractivity contribution is 7.99. The number of aliphatic hydroxyl groups is 1. The molecular formula is C29H31N5O4S. The highest BCUT2D eigenvalue weighted by Crippen LogP contribution is 2.39. The summed E-state index contributed by atoms with van der Waals surface area (Å²) in [5.74, 6) is 0.615. The molecule has 3 atom stereocenters. The van der Waals surface area contributed by atoms with Crippen molar-refractivity contribution in [2.75, 3.05) is 5.75 Å². The topological polar surface area (TPSA) is 111 Å². The van der Waals surface area contributed by atoms with Crippen LogP contribution in [0.5, 0.6) is 0 Å². The van der Waals surface area contributed by atoms with Gasteiger partial charge >= 0.3 is 0 Å². The monoisotopic (exact) mass is 545 g/mol. The number of hydrogen-bond acceptors (Lipinski definition) is 8. The summed E-state index contributed by atoms with van der Waals surface area (Å²) in [6, 6.07) is 24.1. The van der Waals surface area contributed by atoms with Crippen LogP contribution in [0.15, 0.2) is 78.0 Å². The van der Waals surface area contributed by atoms with Crippen molar-refractivity contribution in [2.45, 2.75) is 50.2 Å². The van der Waals surface area contributed by atoms with Crippen LogP contribution in [0.25, 0.3) is 11.1 Å². The molecule has 5 rings (SSSR count). The third-order valence-electron chi connectivity index (χ3n) is 6.63. The zero-order valence-corrected chi connectivity index (χ0v) is 22.7. The van der Waals surface area contributed by atoms with E-state index < -0.39 is 6.29 Å². The van der Waals surface area contributed by atoms with E-state index in [0.717, 1.165) is 38.5 Å². The van der Waals surface area contributed by atoms with Gasteiger partial charge in [-0.1, -0.05) is 84.6 Å². The standard InChI is InChI=1S/C29H31N5O4S/c1-19(36)30-16-24-5-3-4-6-26(24)21-11-13-23(14-12-21)28-37-25(18-39-29-31-32-33-34(29)2)15-27(38-28)22-9-7-20(17-35)8-10-22/h3-14,25,27-28,35H,15-18H2,1-2H3,(H,30,36)/t25-,27+,28+/m1/s1. The number of aromatic nitrogens is 4. The minimum Gasteiger partial charge on any atom is -0.392 e. The van der Waals surface area contributed by atoms with E-state index in [-0.39, 0.29) is 24.7 Å². The summed E-state index contributed by atoms with van der Waals surface area (Å²) in [6.45, 7) is 1.99. The number of aryl methyl sites for hydroxylation is 1. The normalized spacial score (nSPS) is 19.1. The Morgan fingerprint density at radius 2 is 1.79 bits per heavy atom. The third-order valence-corrected chi connectivity index (χ3v) is 7.78. The molecule has 1 aliphatic rings. The summed E-state index contributed by atoms with van der Waals surface area (Å²) >= 11 is 1.55. The van der Waals surface area contributed by atoms with Gasteiger partial charge in [-0.15, -0.1) is 5.10 Å². The lowest BCUT2D eigenvalue weighted by atomic mass is 9.98. The van der Waals surface area contributed by atoms with E-state index in [2.05, 4.69) is 39.0 Å². The van der Waals surface area contributed by atoms with E-state index in [9.17, 15) is 9.90 Å². The first-order valence-corrected chi connectivity index (χ1v) is 13.8. The lowest BCUT2D eigenvalue weighted by Gasteiger charge is -2.36. The Morgan fingerprint density at radius 1 is 1.05 bits per heavy atom. The summed E-state index contributed by atoms with van der Waals surface area (Å²) < 4.78 is 14.6. The van der Waals surface area contributed by atoms with Crippen LogP contribution < -0.4 is 5.32 Å². The van der Waals surface area contributed by atoms with E-state index in [4.69, 9.17) is 9.47 Å². The van der Waals surface area contributed by atoms with Crippen LogP contribution in [0.3, 0.4) is 0 Å². The van der Waals surface area contributed by atoms with Gasteiger partial charge < -0.3 is 19.9 Å². The van der Waals surface area contributed by atoms with Gasteiger partial charge in [-0.2, -0.15) is 0 Å². The smallest absolute Gasteiger partial charge is 0.217 e. The highest BCUT2D eigenvalue weighted by Gasteiger charge is 2.32. The number of ether oxygens (including phenoxy) is 2. The van der Waals surface area contributed by atoms with Crippen LogP contribution in [0, 0.1) is 0 Å². The largest absolute Gasteiger partial charge is 0.392 e. The quantitative estimate of drug-likeness (QED) is 0.299. The fraction of sp³-hybridized carbons (Fsp3) is 0.310. The number of carbonyl (C=O) groups excluding carboxylic acids is 1. The maximum absolute atomic E-state index is 11.4. The van der Waals surface area contributed by atoms with Gasteiger partial charge in [0, 0.05) is 38.3 Å². The van der Waals surface area contributed by atoms with Crippen molar-refractivity contribution in [2.24, 2.45) is 7.05 Å². The number of thioether (sulfide) groups is 1. The number of amides is 1. The minimum atomic E-state index is -0.548. The van der Waals surface area contributed by atoms with Crippen molar-refractivity contribution >= 4 is 17.7 Å². The number of rotatable bonds is 9. The number of nitrogens with one attached hydrogen (secondary N) is 1. The molecule has 1 aromatic heterocycles. The maximum atomic E-state index is 11.4. The zero-order valence-electron chi connectivity index (χ0n) is 21.9. The predicted octanol–water partition coefficient (Wildman–Crippen LogP) is 4.34. The second-order valence-electron chi connectivity index (χ2n) is 9.44. The summed E-state index contributed by atoms with van der Waals surface area (Å²) in [6.07, 6.45) is -0.126. The van der Waals surface area contributed by atoms with Crippen molar-refractivity contribution in [1.82, 2.24) is 25.5 Å². The molecule has 1 saturated heterocycles. The van der Waals surface area contributed by atoms with Gasteiger partial charge in [0.05, 0.1) is 18.8 Å². The van der Waals surface area contributed by atoms with Crippen molar-refractivity contribution in [3.8, 4) is 11.1 Å². The number of benzene rings is 3. The van der Waals surface area contributed by atoms with Gasteiger partial charge in [-0.3, -0.25) is 4.79 Å². The Bertz CT molecular complexity index is 1390. The molecule has 1 amide bonds. The highest BCUT2D eigenvalue weighted by atomic mass is 32.2. The first kappa shape index (κ1) is 27.0. The summed E-state index contributed by atoms with van der Waals surface area (Å²) in [5, 5.41) is 24.8. The Labute approximate surface area is 231 Å². The average Bonchev–Trinajstić information content (AvgIpc) is 3.39. The van der Waals surface area contributed by atoms with Crippen LogP contribution in [0.4, 0.5) is 0 Å². The third kappa shape index (κ3) is 6.72. The van der Waals surface area contributed by atoms with Gasteiger partial charge in [0.1, 0.15) is 0 Å². The average molecular weight is 546 g/mol. The summed E-state index contributed by atoms with van der Waals surface area (Å²) in [5.41, 5.74) is 5.99. The molecule has 202 valence electrons. The van der Waals surface area contributed by atoms with Gasteiger partial charge in [-0.05, 0) is 38.2 Å². The first-order chi connectivity index (χ1) is 19.0. The Hall–Kier alpha value is -3.57. The van der Waals surface area contributed by atoms with E-state index in [1.54, 1.807) is 16.4 Å². The van der Waals surface area contributed by atoms with Gasteiger partial charge in [0.25, 0.3) is 0 Å². The lowest BCUT2D eigenvalue weighted by molar-refractivity contribution is -0.245. The molecule has 2 N–H and O–H groups in total. The molecule has 0 saturated carbocycles. The van der Waals surface area contributed by atoms with E-state index in [0.29, 0.717) is 18.7 Å². The summed E-state index contributed by atoms with van der Waals surface area (Å²) in [7, 11) is 1.82. The Morgan fingerprint density at radius 3 is 2.49 bits per heavy atom. The van der Waals surface area contributed by atoms with Gasteiger partial charge in [0.2, 0.25) is 11.1 Å². The molecule has 0 bridgehead atoms. The molecule has 3 aromatic carbocycles. The van der Waals surface area contributed by atoms with Crippen LogP contribution >= 0.6 is 11.8 Å². The SMILES string of the molecule is CC(=O)NCc1ccccc1-c1ccc([C@H]2O[C@@H](CSc3nnnn3C)C[C@@H](c3ccc(CO)cc3)O2)cc1. The fourth-order valence-electron chi connectivity index (χ4n) is 4.53. The van der Waals surface area contributed by atoms with Crippen molar-refractivity contribution in [1.29, 1.82) is 0 Å². The molecule has 1 aliphatic heterocycles. The number of nitrogens with zero attached hydrogens (tertiary/aromatic N) is 4. The molecule has 39 heavy (non-hydrogen) atoms. The van der Waals surface area contributed by atoms with Gasteiger partial charge in [-0.25, -0.2) is 4.68 Å². The minimum absolute atomic E-state index is 0.00281. The molecule has 0 radical (unpaired) electrons. The second-order valence-corrected chi connectivity index (χ2v) is 10.4. The zero-order chi connectivity index (χ0) is 27.2. The maximum Gasteiger partial charge on any atom is 0.217 e. The first-order valence-electron chi connectivity index (χ1n) is 12.8. The van der Waals surface area contributed by atoms with Crippen molar-refractivity contribution in [3.05, 3.63) is 95.1 Å². The molecule has 10 heteroatoms. The van der Waals surface area contributed by atoms with Crippen molar-refractivity contribution < 1.29 is 19.4 Å². The molecule has 0 unspecified atom stereocenters. The predicted molar refractivity (Wildman–Crippen MR) is 147 cm³/mol. The Kier molecular flexibility index (Phi) is 8.67. The molecule has 4 aromatic rings. The fourth-order valence-corrected chi connectivity index (χ4v) is 5.40. The van der Waals surface area contributed by atoms with E-state index >= 15 is 0 Å². The molecular weight excluding hydrogens is 514 g/mol. The van der Waals surface area contributed by atoms with Crippen LogP contribution in [-0.2, 0) is 34.5 Å². The molecule has 1 fully saturated rings. The number of carbonyl (C=O) groups is 1. The number of hydrogen-bond donors (Lipinski definition) is 2. The van der Waals surface area contributed by atoms with Crippen molar-refractivity contribution in [3.63, 3.8) is 0 Å². The second kappa shape index (κ2) is 12.5. The van der Waals surface area contributed by atoms with Gasteiger partial charge in [0.15, 0.2) is 6.29 Å².